The number of hydrogen-bond donors (Lipinski definition) is 2. The van der Waals surface area contributed by atoms with Crippen molar-refractivity contribution in [3.05, 3.63) is 70.4 Å². The highest BCUT2D eigenvalue weighted by atomic mass is 32.1. The van der Waals surface area contributed by atoms with Gasteiger partial charge in [-0.15, -0.1) is 11.3 Å². The van der Waals surface area contributed by atoms with E-state index < -0.39 is 11.9 Å². The molecule has 0 spiro atoms. The average molecular weight is 427 g/mol. The van der Waals surface area contributed by atoms with Gasteiger partial charge in [0, 0.05) is 35.2 Å². The Morgan fingerprint density at radius 1 is 1.17 bits per heavy atom. The minimum absolute atomic E-state index is 0.112. The van der Waals surface area contributed by atoms with Gasteiger partial charge in [0.25, 0.3) is 5.91 Å². The van der Waals surface area contributed by atoms with E-state index in [-0.39, 0.29) is 24.4 Å². The molecule has 0 bridgehead atoms. The molecule has 1 atom stereocenters. The fraction of sp³-hybridized carbons (Fsp3) is 0.304. The predicted molar refractivity (Wildman–Crippen MR) is 115 cm³/mol. The van der Waals surface area contributed by atoms with Crippen molar-refractivity contribution in [1.29, 1.82) is 0 Å². The Hall–Kier alpha value is -2.77. The molecule has 0 saturated heterocycles. The zero-order valence-electron chi connectivity index (χ0n) is 16.6. The summed E-state index contributed by atoms with van der Waals surface area (Å²) in [7, 11) is 1.51. The van der Waals surface area contributed by atoms with Crippen molar-refractivity contribution in [2.45, 2.75) is 38.0 Å². The summed E-state index contributed by atoms with van der Waals surface area (Å²) in [4.78, 5) is 26.3. The molecule has 1 unspecified atom stereocenters. The molecule has 30 heavy (non-hydrogen) atoms. The van der Waals surface area contributed by atoms with Gasteiger partial charge < -0.3 is 15.4 Å². The first kappa shape index (κ1) is 20.5. The lowest BCUT2D eigenvalue weighted by Crippen LogP contribution is -2.48. The van der Waals surface area contributed by atoms with E-state index in [1.807, 2.05) is 30.3 Å². The molecule has 2 N–H and O–H groups in total. The second kappa shape index (κ2) is 8.93. The quantitative estimate of drug-likeness (QED) is 0.576. The lowest BCUT2D eigenvalue weighted by atomic mass is 10.0. The number of amides is 2. The van der Waals surface area contributed by atoms with E-state index in [4.69, 9.17) is 4.74 Å². The molecule has 5 nitrogen and oxygen atoms in total. The lowest BCUT2D eigenvalue weighted by Gasteiger charge is -2.19. The molecule has 0 radical (unpaired) electrons. The van der Waals surface area contributed by atoms with E-state index in [1.54, 1.807) is 12.1 Å². The van der Waals surface area contributed by atoms with Crippen molar-refractivity contribution >= 4 is 33.2 Å². The molecular formula is C23H23FN2O3S. The number of hydrogen-bond acceptors (Lipinski definition) is 4. The maximum atomic E-state index is 14.4. The largest absolute Gasteiger partial charge is 0.380 e. The zero-order chi connectivity index (χ0) is 21.1. The number of halogens is 1. The fourth-order valence-electron chi connectivity index (χ4n) is 3.45. The maximum absolute atomic E-state index is 14.4. The van der Waals surface area contributed by atoms with Gasteiger partial charge in [-0.2, -0.15) is 0 Å². The van der Waals surface area contributed by atoms with Gasteiger partial charge in [0.2, 0.25) is 5.91 Å². The van der Waals surface area contributed by atoms with Crippen LogP contribution in [0.15, 0.2) is 48.5 Å². The molecule has 4 rings (SSSR count). The van der Waals surface area contributed by atoms with Crippen molar-refractivity contribution in [3.63, 3.8) is 0 Å². The Labute approximate surface area is 178 Å². The van der Waals surface area contributed by atoms with Gasteiger partial charge in [0.15, 0.2) is 0 Å². The fourth-order valence-corrected chi connectivity index (χ4v) is 4.57. The molecule has 1 aliphatic rings. The molecule has 1 fully saturated rings. The zero-order valence-corrected chi connectivity index (χ0v) is 17.4. The summed E-state index contributed by atoms with van der Waals surface area (Å²) in [5.74, 6) is -0.980. The number of carbonyl (C=O) groups excluding carboxylic acids is 2. The number of benzene rings is 2. The third-order valence-electron chi connectivity index (χ3n) is 5.09. The molecule has 2 amide bonds. The van der Waals surface area contributed by atoms with Gasteiger partial charge in [0.05, 0.1) is 11.5 Å². The summed E-state index contributed by atoms with van der Waals surface area (Å²) in [6.07, 6.45) is 2.31. The highest BCUT2D eigenvalue weighted by Crippen LogP contribution is 2.34. The first-order chi connectivity index (χ1) is 14.6. The number of carbonyl (C=O) groups is 2. The van der Waals surface area contributed by atoms with E-state index >= 15 is 0 Å². The average Bonchev–Trinajstić information content (AvgIpc) is 3.47. The highest BCUT2D eigenvalue weighted by Gasteiger charge is 2.30. The van der Waals surface area contributed by atoms with Gasteiger partial charge in [0.1, 0.15) is 11.9 Å². The summed E-state index contributed by atoms with van der Waals surface area (Å²) in [5.41, 5.74) is 1.46. The maximum Gasteiger partial charge on any atom is 0.262 e. The Morgan fingerprint density at radius 2 is 1.93 bits per heavy atom. The second-order valence-electron chi connectivity index (χ2n) is 7.45. The Morgan fingerprint density at radius 3 is 2.63 bits per heavy atom. The third-order valence-corrected chi connectivity index (χ3v) is 6.28. The molecule has 156 valence electrons. The molecule has 7 heteroatoms. The van der Waals surface area contributed by atoms with Crippen LogP contribution in [-0.4, -0.2) is 31.0 Å². The van der Waals surface area contributed by atoms with Crippen LogP contribution in [0.25, 0.3) is 10.1 Å². The number of rotatable bonds is 8. The van der Waals surface area contributed by atoms with Crippen LogP contribution in [-0.2, 0) is 22.6 Å². The van der Waals surface area contributed by atoms with Crippen LogP contribution in [0.3, 0.4) is 0 Å². The van der Waals surface area contributed by atoms with E-state index in [9.17, 15) is 14.0 Å². The molecule has 2 aromatic carbocycles. The predicted octanol–water partition coefficient (Wildman–Crippen LogP) is 3.81. The third kappa shape index (κ3) is 4.52. The number of ether oxygens (including phenoxy) is 1. The summed E-state index contributed by atoms with van der Waals surface area (Å²) >= 11 is 1.21. The van der Waals surface area contributed by atoms with E-state index in [0.717, 1.165) is 18.4 Å². The molecule has 1 saturated carbocycles. The minimum Gasteiger partial charge on any atom is -0.380 e. The van der Waals surface area contributed by atoms with Crippen molar-refractivity contribution < 1.29 is 18.7 Å². The van der Waals surface area contributed by atoms with E-state index in [2.05, 4.69) is 10.6 Å². The van der Waals surface area contributed by atoms with Gasteiger partial charge >= 0.3 is 0 Å². The van der Waals surface area contributed by atoms with Crippen molar-refractivity contribution in [2.75, 3.05) is 7.11 Å². The summed E-state index contributed by atoms with van der Waals surface area (Å²) < 4.78 is 20.3. The Balaban J connectivity index is 1.62. The van der Waals surface area contributed by atoms with Gasteiger partial charge in [-0.3, -0.25) is 9.59 Å². The topological polar surface area (TPSA) is 67.4 Å². The van der Waals surface area contributed by atoms with Crippen molar-refractivity contribution in [3.8, 4) is 0 Å². The number of thiophene rings is 1. The number of methoxy groups -OCH3 is 1. The van der Waals surface area contributed by atoms with Crippen molar-refractivity contribution in [1.82, 2.24) is 10.6 Å². The second-order valence-corrected chi connectivity index (χ2v) is 8.51. The van der Waals surface area contributed by atoms with Crippen LogP contribution >= 0.6 is 11.3 Å². The first-order valence-electron chi connectivity index (χ1n) is 9.90. The van der Waals surface area contributed by atoms with Crippen molar-refractivity contribution in [2.24, 2.45) is 0 Å². The normalized spacial score (nSPS) is 14.5. The molecule has 1 aromatic heterocycles. The lowest BCUT2D eigenvalue weighted by molar-refractivity contribution is -0.123. The molecular weight excluding hydrogens is 403 g/mol. The number of fused-ring (bicyclic) bond motifs is 1. The van der Waals surface area contributed by atoms with Gasteiger partial charge in [-0.05, 0) is 30.5 Å². The smallest absolute Gasteiger partial charge is 0.262 e. The van der Waals surface area contributed by atoms with Crippen LogP contribution in [0, 0.1) is 5.82 Å². The summed E-state index contributed by atoms with van der Waals surface area (Å²) in [5, 5.41) is 6.25. The van der Waals surface area contributed by atoms with Crippen LogP contribution in [0.1, 0.15) is 33.6 Å². The Bertz CT molecular complexity index is 1060. The standard InChI is InChI=1S/C23H23FN2O3S/c1-29-13-16-20-17(24)8-5-9-19(20)30-21(16)23(28)26-18(22(27)25-15-10-11-15)12-14-6-3-2-4-7-14/h2-9,15,18H,10-13H2,1H3,(H,25,27)(H,26,28). The minimum atomic E-state index is -0.717. The summed E-state index contributed by atoms with van der Waals surface area (Å²) in [6.45, 7) is 0.112. The number of nitrogens with one attached hydrogen (secondary N) is 2. The highest BCUT2D eigenvalue weighted by molar-refractivity contribution is 7.21. The molecule has 1 aliphatic carbocycles. The monoisotopic (exact) mass is 426 g/mol. The van der Waals surface area contributed by atoms with Crippen LogP contribution in [0.2, 0.25) is 0 Å². The Kier molecular flexibility index (Phi) is 6.11. The van der Waals surface area contributed by atoms with Gasteiger partial charge in [-0.1, -0.05) is 36.4 Å². The molecule has 3 aromatic rings. The SMILES string of the molecule is COCc1c(C(=O)NC(Cc2ccccc2)C(=O)NC2CC2)sc2cccc(F)c12. The first-order valence-corrected chi connectivity index (χ1v) is 10.7. The van der Waals surface area contributed by atoms with Crippen LogP contribution < -0.4 is 10.6 Å². The summed E-state index contributed by atoms with van der Waals surface area (Å²) in [6, 6.07) is 13.8. The van der Waals surface area contributed by atoms with Crippen LogP contribution in [0.5, 0.6) is 0 Å². The van der Waals surface area contributed by atoms with E-state index in [1.165, 1.54) is 24.5 Å². The van der Waals surface area contributed by atoms with Gasteiger partial charge in [-0.25, -0.2) is 4.39 Å². The van der Waals surface area contributed by atoms with Crippen LogP contribution in [0.4, 0.5) is 4.39 Å². The van der Waals surface area contributed by atoms with E-state index in [0.29, 0.717) is 26.9 Å². The molecule has 1 heterocycles. The molecule has 0 aliphatic heterocycles.